The van der Waals surface area contributed by atoms with Crippen LogP contribution in [-0.2, 0) is 21.3 Å². The fourth-order valence-corrected chi connectivity index (χ4v) is 2.61. The number of hydrogen-bond acceptors (Lipinski definition) is 5. The first-order valence-corrected chi connectivity index (χ1v) is 7.76. The molecule has 0 fully saturated rings. The van der Waals surface area contributed by atoms with E-state index in [4.69, 9.17) is 4.74 Å². The number of rotatable bonds is 6. The smallest absolute Gasteiger partial charge is 0.338 e. The molecule has 0 aliphatic rings. The molecule has 2 rings (SSSR count). The van der Waals surface area contributed by atoms with Gasteiger partial charge in [-0.15, -0.1) is 0 Å². The van der Waals surface area contributed by atoms with E-state index in [-0.39, 0.29) is 18.0 Å². The molecule has 0 saturated carbocycles. The molecule has 112 valence electrons. The number of imidazole rings is 1. The van der Waals surface area contributed by atoms with Gasteiger partial charge in [-0.1, -0.05) is 0 Å². The lowest BCUT2D eigenvalue weighted by Gasteiger charge is -2.06. The van der Waals surface area contributed by atoms with Gasteiger partial charge in [0.05, 0.1) is 23.6 Å². The third kappa shape index (κ3) is 3.89. The van der Waals surface area contributed by atoms with E-state index in [2.05, 4.69) is 14.7 Å². The first kappa shape index (κ1) is 15.2. The Morgan fingerprint density at radius 3 is 2.62 bits per heavy atom. The monoisotopic (exact) mass is 309 g/mol. The molecule has 1 heterocycles. The van der Waals surface area contributed by atoms with Gasteiger partial charge in [0, 0.05) is 12.4 Å². The van der Waals surface area contributed by atoms with Crippen molar-refractivity contribution in [3.05, 3.63) is 48.0 Å². The van der Waals surface area contributed by atoms with Crippen molar-refractivity contribution in [2.75, 3.05) is 6.61 Å². The average Bonchev–Trinajstić information content (AvgIpc) is 2.99. The van der Waals surface area contributed by atoms with Gasteiger partial charge in [-0.3, -0.25) is 0 Å². The topological polar surface area (TPSA) is 101 Å². The molecule has 1 aromatic carbocycles. The molecule has 0 unspecified atom stereocenters. The standard InChI is InChI=1S/C13H15N3O4S/c1-2-20-13(17)10-3-5-11(6-4-10)21(18,19)16-9-12-14-7-8-15-12/h3-8,16H,2,9H2,1H3,(H,14,15). The minimum Gasteiger partial charge on any atom is -0.462 e. The van der Waals surface area contributed by atoms with E-state index in [1.165, 1.54) is 30.5 Å². The summed E-state index contributed by atoms with van der Waals surface area (Å²) in [5.41, 5.74) is 0.307. The summed E-state index contributed by atoms with van der Waals surface area (Å²) < 4.78 is 31.4. The maximum Gasteiger partial charge on any atom is 0.338 e. The number of nitrogens with zero attached hydrogens (tertiary/aromatic N) is 1. The van der Waals surface area contributed by atoms with Gasteiger partial charge >= 0.3 is 5.97 Å². The summed E-state index contributed by atoms with van der Waals surface area (Å²) in [5, 5.41) is 0. The quantitative estimate of drug-likeness (QED) is 0.777. The van der Waals surface area contributed by atoms with Crippen molar-refractivity contribution in [3.8, 4) is 0 Å². The second-order valence-corrected chi connectivity index (χ2v) is 5.87. The number of hydrogen-bond donors (Lipinski definition) is 2. The van der Waals surface area contributed by atoms with Crippen LogP contribution in [0.2, 0.25) is 0 Å². The van der Waals surface area contributed by atoms with Crippen LogP contribution in [0.4, 0.5) is 0 Å². The molecule has 0 aliphatic heterocycles. The minimum atomic E-state index is -3.65. The molecule has 8 heteroatoms. The molecule has 0 saturated heterocycles. The van der Waals surface area contributed by atoms with Crippen LogP contribution in [0.5, 0.6) is 0 Å². The Hall–Kier alpha value is -2.19. The number of esters is 1. The number of aromatic amines is 1. The van der Waals surface area contributed by atoms with Gasteiger partial charge in [-0.25, -0.2) is 22.9 Å². The van der Waals surface area contributed by atoms with Crippen LogP contribution < -0.4 is 4.72 Å². The molecule has 0 atom stereocenters. The van der Waals surface area contributed by atoms with E-state index in [1.807, 2.05) is 0 Å². The van der Waals surface area contributed by atoms with Gasteiger partial charge in [-0.05, 0) is 31.2 Å². The molecular formula is C13H15N3O4S. The van der Waals surface area contributed by atoms with E-state index in [0.29, 0.717) is 11.4 Å². The van der Waals surface area contributed by atoms with E-state index < -0.39 is 16.0 Å². The van der Waals surface area contributed by atoms with E-state index in [9.17, 15) is 13.2 Å². The normalized spacial score (nSPS) is 11.3. The van der Waals surface area contributed by atoms with Crippen molar-refractivity contribution in [3.63, 3.8) is 0 Å². The highest BCUT2D eigenvalue weighted by Crippen LogP contribution is 2.11. The predicted molar refractivity (Wildman–Crippen MR) is 75.0 cm³/mol. The molecule has 0 aliphatic carbocycles. The van der Waals surface area contributed by atoms with Crippen molar-refractivity contribution >= 4 is 16.0 Å². The van der Waals surface area contributed by atoms with Gasteiger partial charge in [0.1, 0.15) is 5.82 Å². The maximum atomic E-state index is 12.1. The van der Waals surface area contributed by atoms with Crippen molar-refractivity contribution < 1.29 is 17.9 Å². The van der Waals surface area contributed by atoms with Crippen molar-refractivity contribution in [1.29, 1.82) is 0 Å². The molecule has 0 radical (unpaired) electrons. The number of benzene rings is 1. The number of ether oxygens (including phenoxy) is 1. The molecule has 0 spiro atoms. The van der Waals surface area contributed by atoms with Crippen molar-refractivity contribution in [1.82, 2.24) is 14.7 Å². The predicted octanol–water partition coefficient (Wildman–Crippen LogP) is 1.06. The van der Waals surface area contributed by atoms with Crippen molar-refractivity contribution in [2.45, 2.75) is 18.4 Å². The Kier molecular flexibility index (Phi) is 4.71. The van der Waals surface area contributed by atoms with Gasteiger partial charge < -0.3 is 9.72 Å². The summed E-state index contributed by atoms with van der Waals surface area (Å²) in [6.07, 6.45) is 3.15. The van der Waals surface area contributed by atoms with Gasteiger partial charge in [0.25, 0.3) is 0 Å². The zero-order valence-electron chi connectivity index (χ0n) is 11.4. The largest absolute Gasteiger partial charge is 0.462 e. The van der Waals surface area contributed by atoms with Crippen LogP contribution in [0.15, 0.2) is 41.6 Å². The first-order valence-electron chi connectivity index (χ1n) is 6.28. The lowest BCUT2D eigenvalue weighted by atomic mass is 10.2. The summed E-state index contributed by atoms with van der Waals surface area (Å²) in [7, 11) is -3.65. The van der Waals surface area contributed by atoms with E-state index >= 15 is 0 Å². The lowest BCUT2D eigenvalue weighted by Crippen LogP contribution is -2.23. The molecule has 7 nitrogen and oxygen atoms in total. The molecule has 1 aromatic heterocycles. The molecule has 2 N–H and O–H groups in total. The fraction of sp³-hybridized carbons (Fsp3) is 0.231. The summed E-state index contributed by atoms with van der Waals surface area (Å²) >= 11 is 0. The first-order chi connectivity index (χ1) is 10.0. The summed E-state index contributed by atoms with van der Waals surface area (Å²) in [6.45, 7) is 2.04. The average molecular weight is 309 g/mol. The highest BCUT2D eigenvalue weighted by atomic mass is 32.2. The van der Waals surface area contributed by atoms with E-state index in [1.54, 1.807) is 13.1 Å². The van der Waals surface area contributed by atoms with Crippen LogP contribution >= 0.6 is 0 Å². The fourth-order valence-electron chi connectivity index (χ4n) is 1.63. The molecule has 2 aromatic rings. The Bertz CT molecular complexity index is 694. The van der Waals surface area contributed by atoms with E-state index in [0.717, 1.165) is 0 Å². The van der Waals surface area contributed by atoms with Gasteiger partial charge in [-0.2, -0.15) is 0 Å². The van der Waals surface area contributed by atoms with Crippen LogP contribution in [-0.4, -0.2) is 31.0 Å². The molecule has 0 amide bonds. The Labute approximate surface area is 122 Å². The van der Waals surface area contributed by atoms with Crippen LogP contribution in [0.3, 0.4) is 0 Å². The second kappa shape index (κ2) is 6.51. The third-order valence-corrected chi connectivity index (χ3v) is 4.08. The Balaban J connectivity index is 2.08. The number of sulfonamides is 1. The summed E-state index contributed by atoms with van der Waals surface area (Å²) in [5.74, 6) is 0.0340. The third-order valence-electron chi connectivity index (χ3n) is 2.66. The SMILES string of the molecule is CCOC(=O)c1ccc(S(=O)(=O)NCc2ncc[nH]2)cc1. The maximum absolute atomic E-state index is 12.1. The van der Waals surface area contributed by atoms with Gasteiger partial charge in [0.15, 0.2) is 0 Å². The van der Waals surface area contributed by atoms with Crippen LogP contribution in [0, 0.1) is 0 Å². The number of carbonyl (C=O) groups excluding carboxylic acids is 1. The minimum absolute atomic E-state index is 0.0644. The van der Waals surface area contributed by atoms with Crippen LogP contribution in [0.25, 0.3) is 0 Å². The highest BCUT2D eigenvalue weighted by Gasteiger charge is 2.15. The second-order valence-electron chi connectivity index (χ2n) is 4.11. The highest BCUT2D eigenvalue weighted by molar-refractivity contribution is 7.89. The Morgan fingerprint density at radius 2 is 2.05 bits per heavy atom. The Morgan fingerprint density at radius 1 is 1.33 bits per heavy atom. The zero-order chi connectivity index (χ0) is 15.3. The lowest BCUT2D eigenvalue weighted by molar-refractivity contribution is 0.0526. The van der Waals surface area contributed by atoms with Crippen molar-refractivity contribution in [2.24, 2.45) is 0 Å². The summed E-state index contributed by atoms with van der Waals surface area (Å²) in [4.78, 5) is 18.3. The zero-order valence-corrected chi connectivity index (χ0v) is 12.2. The van der Waals surface area contributed by atoms with Gasteiger partial charge in [0.2, 0.25) is 10.0 Å². The number of carbonyl (C=O) groups is 1. The molecule has 21 heavy (non-hydrogen) atoms. The number of H-pyrrole nitrogens is 1. The molecule has 0 bridgehead atoms. The molecular weight excluding hydrogens is 294 g/mol. The summed E-state index contributed by atoms with van der Waals surface area (Å²) in [6, 6.07) is 5.55. The number of aromatic nitrogens is 2. The van der Waals surface area contributed by atoms with Crippen LogP contribution in [0.1, 0.15) is 23.1 Å². The number of nitrogens with one attached hydrogen (secondary N) is 2.